The molecule has 1 fully saturated rings. The average Bonchev–Trinajstić information content (AvgIpc) is 2.30. The van der Waals surface area contributed by atoms with Crippen molar-refractivity contribution in [3.63, 3.8) is 0 Å². The summed E-state index contributed by atoms with van der Waals surface area (Å²) in [6.07, 6.45) is 2.19. The normalized spacial score (nSPS) is 18.7. The molecule has 0 aromatic heterocycles. The maximum absolute atomic E-state index is 12.4. The zero-order valence-corrected chi connectivity index (χ0v) is 11.6. The van der Waals surface area contributed by atoms with E-state index in [1.54, 1.807) is 18.2 Å². The number of likely N-dealkylation sites (tertiary alicyclic amines) is 1. The molecule has 0 radical (unpaired) electrons. The highest BCUT2D eigenvalue weighted by molar-refractivity contribution is 6.34. The van der Waals surface area contributed by atoms with E-state index in [4.69, 9.17) is 17.3 Å². The molecular weight excluding hydrogens is 248 g/mol. The summed E-state index contributed by atoms with van der Waals surface area (Å²) in [5, 5.41) is 0.470. The van der Waals surface area contributed by atoms with Crippen LogP contribution in [0.2, 0.25) is 5.02 Å². The van der Waals surface area contributed by atoms with E-state index in [2.05, 4.69) is 13.8 Å². The molecule has 0 spiro atoms. The second-order valence-electron chi connectivity index (χ2n) is 5.73. The third kappa shape index (κ3) is 2.78. The van der Waals surface area contributed by atoms with Gasteiger partial charge in [0.05, 0.1) is 10.6 Å². The molecular formula is C14H19ClN2O. The lowest BCUT2D eigenvalue weighted by Gasteiger charge is -2.38. The summed E-state index contributed by atoms with van der Waals surface area (Å²) in [7, 11) is 0. The highest BCUT2D eigenvalue weighted by Gasteiger charge is 2.30. The molecule has 1 saturated heterocycles. The number of rotatable bonds is 1. The summed E-state index contributed by atoms with van der Waals surface area (Å²) in [4.78, 5) is 14.3. The molecule has 1 aliphatic rings. The minimum atomic E-state index is -0.0138. The van der Waals surface area contributed by atoms with E-state index in [9.17, 15) is 4.79 Å². The standard InChI is InChI=1S/C14H19ClN2O/c1-14(2)6-3-7-17(9-14)13(18)11-8-10(16)4-5-12(11)15/h4-5,8H,3,6-7,9,16H2,1-2H3. The Hall–Kier alpha value is -1.22. The molecule has 0 bridgehead atoms. The van der Waals surface area contributed by atoms with Crippen LogP contribution in [0.15, 0.2) is 18.2 Å². The molecule has 1 heterocycles. The Morgan fingerprint density at radius 2 is 2.17 bits per heavy atom. The smallest absolute Gasteiger partial charge is 0.255 e. The predicted octanol–water partition coefficient (Wildman–Crippen LogP) is 3.18. The van der Waals surface area contributed by atoms with Crippen LogP contribution in [0.25, 0.3) is 0 Å². The maximum atomic E-state index is 12.4. The molecule has 18 heavy (non-hydrogen) atoms. The fourth-order valence-electron chi connectivity index (χ4n) is 2.47. The van der Waals surface area contributed by atoms with E-state index < -0.39 is 0 Å². The maximum Gasteiger partial charge on any atom is 0.255 e. The minimum absolute atomic E-state index is 0.0138. The van der Waals surface area contributed by atoms with Gasteiger partial charge in [0, 0.05) is 18.8 Å². The number of benzene rings is 1. The molecule has 98 valence electrons. The molecule has 2 rings (SSSR count). The summed E-state index contributed by atoms with van der Waals surface area (Å²) in [6.45, 7) is 5.95. The summed E-state index contributed by atoms with van der Waals surface area (Å²) in [5.74, 6) is -0.0138. The number of piperidine rings is 1. The third-order valence-corrected chi connectivity index (χ3v) is 3.74. The van der Waals surface area contributed by atoms with E-state index >= 15 is 0 Å². The number of hydrogen-bond donors (Lipinski definition) is 1. The van der Waals surface area contributed by atoms with Crippen molar-refractivity contribution in [2.75, 3.05) is 18.8 Å². The second kappa shape index (κ2) is 4.81. The number of nitrogens with zero attached hydrogens (tertiary/aromatic N) is 1. The zero-order chi connectivity index (χ0) is 13.3. The lowest BCUT2D eigenvalue weighted by atomic mass is 9.84. The van der Waals surface area contributed by atoms with Gasteiger partial charge in [-0.25, -0.2) is 0 Å². The largest absolute Gasteiger partial charge is 0.399 e. The van der Waals surface area contributed by atoms with Crippen LogP contribution in [-0.4, -0.2) is 23.9 Å². The second-order valence-corrected chi connectivity index (χ2v) is 6.14. The van der Waals surface area contributed by atoms with Crippen molar-refractivity contribution in [3.8, 4) is 0 Å². The van der Waals surface area contributed by atoms with E-state index in [1.165, 1.54) is 0 Å². The van der Waals surface area contributed by atoms with Crippen molar-refractivity contribution in [1.82, 2.24) is 4.90 Å². The van der Waals surface area contributed by atoms with Crippen molar-refractivity contribution in [2.24, 2.45) is 5.41 Å². The fourth-order valence-corrected chi connectivity index (χ4v) is 2.67. The van der Waals surface area contributed by atoms with Crippen molar-refractivity contribution in [2.45, 2.75) is 26.7 Å². The molecule has 1 aromatic rings. The van der Waals surface area contributed by atoms with Crippen LogP contribution < -0.4 is 5.73 Å². The van der Waals surface area contributed by atoms with Gasteiger partial charge in [0.15, 0.2) is 0 Å². The summed E-state index contributed by atoms with van der Waals surface area (Å²) < 4.78 is 0. The minimum Gasteiger partial charge on any atom is -0.399 e. The number of amides is 1. The van der Waals surface area contributed by atoms with Crippen molar-refractivity contribution >= 4 is 23.2 Å². The summed E-state index contributed by atoms with van der Waals surface area (Å²) in [6, 6.07) is 5.05. The summed E-state index contributed by atoms with van der Waals surface area (Å²) >= 11 is 6.08. The van der Waals surface area contributed by atoms with Gasteiger partial charge >= 0.3 is 0 Å². The number of anilines is 1. The zero-order valence-electron chi connectivity index (χ0n) is 10.9. The predicted molar refractivity (Wildman–Crippen MR) is 74.8 cm³/mol. The van der Waals surface area contributed by atoms with Gasteiger partial charge in [0.2, 0.25) is 0 Å². The first-order chi connectivity index (χ1) is 8.39. The van der Waals surface area contributed by atoms with Gasteiger partial charge in [-0.3, -0.25) is 4.79 Å². The fraction of sp³-hybridized carbons (Fsp3) is 0.500. The van der Waals surface area contributed by atoms with Crippen LogP contribution in [0.5, 0.6) is 0 Å². The molecule has 1 amide bonds. The number of carbonyl (C=O) groups excluding carboxylic acids is 1. The van der Waals surface area contributed by atoms with Crippen LogP contribution in [0.3, 0.4) is 0 Å². The van der Waals surface area contributed by atoms with Crippen LogP contribution in [0.1, 0.15) is 37.0 Å². The third-order valence-electron chi connectivity index (χ3n) is 3.41. The van der Waals surface area contributed by atoms with Crippen molar-refractivity contribution in [1.29, 1.82) is 0 Å². The van der Waals surface area contributed by atoms with E-state index in [-0.39, 0.29) is 11.3 Å². The molecule has 3 nitrogen and oxygen atoms in total. The van der Waals surface area contributed by atoms with Crippen LogP contribution in [-0.2, 0) is 0 Å². The lowest BCUT2D eigenvalue weighted by molar-refractivity contribution is 0.0583. The number of nitrogens with two attached hydrogens (primary N) is 1. The van der Waals surface area contributed by atoms with Gasteiger partial charge in [-0.2, -0.15) is 0 Å². The Morgan fingerprint density at radius 1 is 1.44 bits per heavy atom. The molecule has 0 aliphatic carbocycles. The Bertz CT molecular complexity index is 471. The number of carbonyl (C=O) groups is 1. The molecule has 0 saturated carbocycles. The average molecular weight is 267 g/mol. The number of nitrogen functional groups attached to an aromatic ring is 1. The van der Waals surface area contributed by atoms with Gasteiger partial charge in [0.25, 0.3) is 5.91 Å². The molecule has 1 aromatic carbocycles. The first kappa shape index (κ1) is 13.2. The van der Waals surface area contributed by atoms with Crippen LogP contribution in [0.4, 0.5) is 5.69 Å². The molecule has 0 atom stereocenters. The Morgan fingerprint density at radius 3 is 2.83 bits per heavy atom. The monoisotopic (exact) mass is 266 g/mol. The summed E-state index contributed by atoms with van der Waals surface area (Å²) in [5.41, 5.74) is 6.98. The van der Waals surface area contributed by atoms with E-state index in [0.717, 1.165) is 25.9 Å². The molecule has 0 unspecified atom stereocenters. The van der Waals surface area contributed by atoms with E-state index in [1.807, 2.05) is 4.90 Å². The quantitative estimate of drug-likeness (QED) is 0.794. The highest BCUT2D eigenvalue weighted by atomic mass is 35.5. The van der Waals surface area contributed by atoms with Crippen LogP contribution >= 0.6 is 11.6 Å². The van der Waals surface area contributed by atoms with Gasteiger partial charge < -0.3 is 10.6 Å². The Labute approximate surface area is 113 Å². The SMILES string of the molecule is CC1(C)CCCN(C(=O)c2cc(N)ccc2Cl)C1. The first-order valence-corrected chi connectivity index (χ1v) is 6.61. The van der Waals surface area contributed by atoms with Crippen molar-refractivity contribution in [3.05, 3.63) is 28.8 Å². The van der Waals surface area contributed by atoms with Gasteiger partial charge in [0.1, 0.15) is 0 Å². The van der Waals surface area contributed by atoms with Gasteiger partial charge in [-0.1, -0.05) is 25.4 Å². The Balaban J connectivity index is 2.23. The molecule has 1 aliphatic heterocycles. The first-order valence-electron chi connectivity index (χ1n) is 6.23. The molecule has 2 N–H and O–H groups in total. The van der Waals surface area contributed by atoms with Gasteiger partial charge in [-0.05, 0) is 36.5 Å². The number of halogens is 1. The topological polar surface area (TPSA) is 46.3 Å². The van der Waals surface area contributed by atoms with Crippen molar-refractivity contribution < 1.29 is 4.79 Å². The van der Waals surface area contributed by atoms with Crippen LogP contribution in [0, 0.1) is 5.41 Å². The van der Waals surface area contributed by atoms with Gasteiger partial charge in [-0.15, -0.1) is 0 Å². The van der Waals surface area contributed by atoms with E-state index in [0.29, 0.717) is 16.3 Å². The Kier molecular flexibility index (Phi) is 3.53. The highest BCUT2D eigenvalue weighted by Crippen LogP contribution is 2.30. The number of hydrogen-bond acceptors (Lipinski definition) is 2. The lowest BCUT2D eigenvalue weighted by Crippen LogP contribution is -2.43. The molecule has 4 heteroatoms.